The number of carboxylic acids is 1. The Morgan fingerprint density at radius 2 is 2.00 bits per heavy atom. The van der Waals surface area contributed by atoms with Crippen molar-refractivity contribution in [3.8, 4) is 0 Å². The van der Waals surface area contributed by atoms with Gasteiger partial charge in [0.2, 0.25) is 5.91 Å². The first-order valence-electron chi connectivity index (χ1n) is 5.71. The van der Waals surface area contributed by atoms with E-state index < -0.39 is 5.97 Å². The highest BCUT2D eigenvalue weighted by molar-refractivity contribution is 5.79. The van der Waals surface area contributed by atoms with Crippen LogP contribution in [0.4, 0.5) is 0 Å². The average molecular weight is 230 g/mol. The lowest BCUT2D eigenvalue weighted by Gasteiger charge is -2.15. The minimum absolute atomic E-state index is 0.203. The van der Waals surface area contributed by atoms with Crippen LogP contribution in [0.5, 0.6) is 0 Å². The largest absolute Gasteiger partial charge is 0.481 e. The van der Waals surface area contributed by atoms with Crippen molar-refractivity contribution < 1.29 is 14.7 Å². The van der Waals surface area contributed by atoms with Gasteiger partial charge in [0.25, 0.3) is 0 Å². The second kappa shape index (κ2) is 8.10. The number of amides is 1. The molecule has 0 spiro atoms. The van der Waals surface area contributed by atoms with E-state index in [4.69, 9.17) is 10.8 Å². The predicted molar refractivity (Wildman–Crippen MR) is 61.9 cm³/mol. The summed E-state index contributed by atoms with van der Waals surface area (Å²) in [5.41, 5.74) is 5.18. The van der Waals surface area contributed by atoms with E-state index in [9.17, 15) is 9.59 Å². The van der Waals surface area contributed by atoms with Crippen LogP contribution in [0, 0.1) is 5.92 Å². The van der Waals surface area contributed by atoms with Crippen LogP contribution in [0.2, 0.25) is 0 Å². The smallest absolute Gasteiger partial charge is 0.303 e. The Labute approximate surface area is 96.4 Å². The predicted octanol–water partition coefficient (Wildman–Crippen LogP) is 0.731. The van der Waals surface area contributed by atoms with E-state index in [1.54, 1.807) is 0 Å². The van der Waals surface area contributed by atoms with E-state index in [0.717, 1.165) is 6.42 Å². The quantitative estimate of drug-likeness (QED) is 0.544. The van der Waals surface area contributed by atoms with Crippen molar-refractivity contribution in [1.29, 1.82) is 0 Å². The fraction of sp³-hybridized carbons (Fsp3) is 0.818. The molecule has 0 aliphatic carbocycles. The van der Waals surface area contributed by atoms with Gasteiger partial charge in [-0.25, -0.2) is 0 Å². The minimum Gasteiger partial charge on any atom is -0.481 e. The molecule has 2 atom stereocenters. The van der Waals surface area contributed by atoms with Gasteiger partial charge in [-0.05, 0) is 31.7 Å². The Morgan fingerprint density at radius 1 is 1.38 bits per heavy atom. The van der Waals surface area contributed by atoms with Crippen LogP contribution in [0.1, 0.15) is 39.5 Å². The van der Waals surface area contributed by atoms with E-state index in [1.165, 1.54) is 0 Å². The second-order valence-corrected chi connectivity index (χ2v) is 4.14. The number of carbonyl (C=O) groups excluding carboxylic acids is 1. The Balaban J connectivity index is 3.63. The van der Waals surface area contributed by atoms with Crippen LogP contribution >= 0.6 is 0 Å². The van der Waals surface area contributed by atoms with Crippen LogP contribution in [-0.4, -0.2) is 29.6 Å². The summed E-state index contributed by atoms with van der Waals surface area (Å²) >= 11 is 0. The molecule has 5 heteroatoms. The Morgan fingerprint density at radius 3 is 2.44 bits per heavy atom. The molecular weight excluding hydrogens is 208 g/mol. The lowest BCUT2D eigenvalue weighted by Crippen LogP contribution is -2.41. The van der Waals surface area contributed by atoms with Crippen molar-refractivity contribution in [2.45, 2.75) is 45.6 Å². The Kier molecular flexibility index (Phi) is 7.54. The molecular formula is C11H22N2O3. The van der Waals surface area contributed by atoms with Crippen molar-refractivity contribution in [2.24, 2.45) is 11.7 Å². The molecule has 1 amide bonds. The molecule has 0 rings (SSSR count). The van der Waals surface area contributed by atoms with Crippen molar-refractivity contribution in [3.63, 3.8) is 0 Å². The highest BCUT2D eigenvalue weighted by Crippen LogP contribution is 2.09. The first kappa shape index (κ1) is 14.9. The van der Waals surface area contributed by atoms with Crippen LogP contribution in [-0.2, 0) is 9.59 Å². The minimum atomic E-state index is -0.761. The number of nitrogens with two attached hydrogens (primary N) is 1. The third kappa shape index (κ3) is 7.23. The number of nitrogens with one attached hydrogen (secondary N) is 1. The summed E-state index contributed by atoms with van der Waals surface area (Å²) < 4.78 is 0. The summed E-state index contributed by atoms with van der Waals surface area (Å²) in [5, 5.41) is 11.6. The van der Waals surface area contributed by atoms with Crippen LogP contribution < -0.4 is 11.1 Å². The highest BCUT2D eigenvalue weighted by atomic mass is 16.4. The van der Waals surface area contributed by atoms with E-state index in [0.29, 0.717) is 25.3 Å². The zero-order valence-electron chi connectivity index (χ0n) is 10.0. The van der Waals surface area contributed by atoms with Gasteiger partial charge in [0.15, 0.2) is 0 Å². The van der Waals surface area contributed by atoms with Gasteiger partial charge < -0.3 is 16.2 Å². The van der Waals surface area contributed by atoms with Gasteiger partial charge in [0.1, 0.15) is 0 Å². The molecule has 4 N–H and O–H groups in total. The normalized spacial score (nSPS) is 14.4. The summed E-state index contributed by atoms with van der Waals surface area (Å²) in [4.78, 5) is 21.2. The lowest BCUT2D eigenvalue weighted by molar-refractivity contribution is -0.137. The third-order valence-electron chi connectivity index (χ3n) is 2.63. The topological polar surface area (TPSA) is 92.4 Å². The fourth-order valence-corrected chi connectivity index (χ4v) is 1.46. The standard InChI is InChI=1S/C11H22N2O3/c1-3-9(11(12)16)13-7-6-8(2)4-5-10(14)15/h8-9,13H,3-7H2,1-2H3,(H2,12,16)(H,14,15). The van der Waals surface area contributed by atoms with E-state index in [2.05, 4.69) is 5.32 Å². The fourth-order valence-electron chi connectivity index (χ4n) is 1.46. The average Bonchev–Trinajstić information content (AvgIpc) is 2.20. The van der Waals surface area contributed by atoms with Gasteiger partial charge >= 0.3 is 5.97 Å². The van der Waals surface area contributed by atoms with Gasteiger partial charge in [-0.3, -0.25) is 9.59 Å². The third-order valence-corrected chi connectivity index (χ3v) is 2.63. The number of hydrogen-bond donors (Lipinski definition) is 3. The number of rotatable bonds is 9. The van der Waals surface area contributed by atoms with Crippen molar-refractivity contribution in [2.75, 3.05) is 6.54 Å². The molecule has 0 aliphatic rings. The van der Waals surface area contributed by atoms with Gasteiger partial charge in [0.05, 0.1) is 6.04 Å². The molecule has 0 bridgehead atoms. The molecule has 2 unspecified atom stereocenters. The lowest BCUT2D eigenvalue weighted by atomic mass is 10.0. The van der Waals surface area contributed by atoms with Crippen LogP contribution in [0.3, 0.4) is 0 Å². The molecule has 0 radical (unpaired) electrons. The molecule has 0 aromatic rings. The number of hydrogen-bond acceptors (Lipinski definition) is 3. The maximum atomic E-state index is 10.9. The highest BCUT2D eigenvalue weighted by Gasteiger charge is 2.12. The second-order valence-electron chi connectivity index (χ2n) is 4.14. The van der Waals surface area contributed by atoms with Gasteiger partial charge in [0, 0.05) is 6.42 Å². The van der Waals surface area contributed by atoms with Gasteiger partial charge in [-0.1, -0.05) is 13.8 Å². The molecule has 16 heavy (non-hydrogen) atoms. The monoisotopic (exact) mass is 230 g/mol. The molecule has 0 aliphatic heterocycles. The molecule has 0 fully saturated rings. The number of aliphatic carboxylic acids is 1. The first-order valence-corrected chi connectivity index (χ1v) is 5.71. The number of primary amides is 1. The molecule has 5 nitrogen and oxygen atoms in total. The molecule has 0 saturated carbocycles. The van der Waals surface area contributed by atoms with Crippen LogP contribution in [0.15, 0.2) is 0 Å². The molecule has 0 aromatic heterocycles. The Bertz CT molecular complexity index is 231. The first-order chi connectivity index (χ1) is 7.47. The van der Waals surface area contributed by atoms with Crippen molar-refractivity contribution in [3.05, 3.63) is 0 Å². The zero-order valence-corrected chi connectivity index (χ0v) is 10.0. The van der Waals surface area contributed by atoms with E-state index in [-0.39, 0.29) is 18.4 Å². The van der Waals surface area contributed by atoms with E-state index >= 15 is 0 Å². The van der Waals surface area contributed by atoms with E-state index in [1.807, 2.05) is 13.8 Å². The summed E-state index contributed by atoms with van der Waals surface area (Å²) in [6.07, 6.45) is 2.41. The molecule has 0 heterocycles. The molecule has 0 aromatic carbocycles. The maximum Gasteiger partial charge on any atom is 0.303 e. The van der Waals surface area contributed by atoms with Gasteiger partial charge in [-0.2, -0.15) is 0 Å². The van der Waals surface area contributed by atoms with Crippen molar-refractivity contribution >= 4 is 11.9 Å². The van der Waals surface area contributed by atoms with Crippen molar-refractivity contribution in [1.82, 2.24) is 5.32 Å². The Hall–Kier alpha value is -1.10. The molecule has 0 saturated heterocycles. The van der Waals surface area contributed by atoms with Gasteiger partial charge in [-0.15, -0.1) is 0 Å². The maximum absolute atomic E-state index is 10.9. The number of carbonyl (C=O) groups is 2. The summed E-state index contributed by atoms with van der Waals surface area (Å²) in [6.45, 7) is 4.61. The summed E-state index contributed by atoms with van der Waals surface area (Å²) in [6, 6.07) is -0.272. The number of carboxylic acid groups (broad SMARTS) is 1. The van der Waals surface area contributed by atoms with Crippen LogP contribution in [0.25, 0.3) is 0 Å². The zero-order chi connectivity index (χ0) is 12.6. The summed E-state index contributed by atoms with van der Waals surface area (Å²) in [5.74, 6) is -0.752. The summed E-state index contributed by atoms with van der Waals surface area (Å²) in [7, 11) is 0. The SMILES string of the molecule is CCC(NCCC(C)CCC(=O)O)C(N)=O. The molecule has 94 valence electrons.